The first kappa shape index (κ1) is 14.3. The normalized spacial score (nSPS) is 11.9. The first-order valence-corrected chi connectivity index (χ1v) is 6.89. The molecular weight excluding hydrogens is 278 g/mol. The third-order valence-electron chi connectivity index (χ3n) is 2.73. The average Bonchev–Trinajstić information content (AvgIpc) is 2.85. The number of non-ortho nitro benzene ring substituents is 1. The number of hydrogen-bond acceptors (Lipinski definition) is 6. The maximum Gasteiger partial charge on any atom is 0.275 e. The summed E-state index contributed by atoms with van der Waals surface area (Å²) < 4.78 is 5.08. The fourth-order valence-corrected chi connectivity index (χ4v) is 2.58. The molecule has 0 aliphatic heterocycles. The molecule has 6 nitrogen and oxygen atoms in total. The van der Waals surface area contributed by atoms with Gasteiger partial charge in [0, 0.05) is 28.9 Å². The summed E-state index contributed by atoms with van der Waals surface area (Å²) in [7, 11) is 1.48. The van der Waals surface area contributed by atoms with Crippen LogP contribution in [-0.4, -0.2) is 17.0 Å². The van der Waals surface area contributed by atoms with Gasteiger partial charge < -0.3 is 10.1 Å². The molecule has 2 aromatic rings. The van der Waals surface area contributed by atoms with Crippen molar-refractivity contribution in [1.29, 1.82) is 0 Å². The molecule has 106 valence electrons. The predicted molar refractivity (Wildman–Crippen MR) is 78.5 cm³/mol. The minimum absolute atomic E-state index is 0.00521. The van der Waals surface area contributed by atoms with E-state index in [1.165, 1.54) is 19.2 Å². The van der Waals surface area contributed by atoms with Crippen molar-refractivity contribution in [2.24, 2.45) is 0 Å². The van der Waals surface area contributed by atoms with Crippen LogP contribution in [0.1, 0.15) is 23.7 Å². The van der Waals surface area contributed by atoms with Gasteiger partial charge in [0.2, 0.25) is 0 Å². The van der Waals surface area contributed by atoms with Crippen molar-refractivity contribution in [3.63, 3.8) is 0 Å². The quantitative estimate of drug-likeness (QED) is 0.674. The Morgan fingerprint density at radius 3 is 2.75 bits per heavy atom. The molecule has 2 rings (SSSR count). The number of nitrogens with zero attached hydrogens (tertiary/aromatic N) is 2. The number of thiazole rings is 1. The molecule has 0 aliphatic rings. The van der Waals surface area contributed by atoms with Gasteiger partial charge in [-0.1, -0.05) is 0 Å². The smallest absolute Gasteiger partial charge is 0.275 e. The van der Waals surface area contributed by atoms with Crippen molar-refractivity contribution in [1.82, 2.24) is 4.98 Å². The van der Waals surface area contributed by atoms with Gasteiger partial charge in [0.05, 0.1) is 24.1 Å². The van der Waals surface area contributed by atoms with E-state index < -0.39 is 4.92 Å². The first-order chi connectivity index (χ1) is 9.49. The van der Waals surface area contributed by atoms with Crippen molar-refractivity contribution < 1.29 is 9.66 Å². The molecule has 20 heavy (non-hydrogen) atoms. The molecule has 0 fully saturated rings. The molecule has 0 aliphatic carbocycles. The summed E-state index contributed by atoms with van der Waals surface area (Å²) in [6, 6.07) is 4.58. The van der Waals surface area contributed by atoms with Crippen molar-refractivity contribution in [2.45, 2.75) is 19.9 Å². The number of nitrogens with one attached hydrogen (secondary N) is 1. The van der Waals surface area contributed by atoms with Crippen molar-refractivity contribution in [3.05, 3.63) is 44.4 Å². The first-order valence-electron chi connectivity index (χ1n) is 6.01. The molecule has 1 heterocycles. The van der Waals surface area contributed by atoms with E-state index in [1.807, 2.05) is 19.2 Å². The second-order valence-corrected chi connectivity index (χ2v) is 5.26. The standard InChI is InChI=1S/C13H15N3O3S/c1-8-7-20-13(14-8)9(2)15-10-4-11(16(17)18)6-12(5-10)19-3/h4-7,9,15H,1-3H3. The average molecular weight is 293 g/mol. The van der Waals surface area contributed by atoms with E-state index in [0.29, 0.717) is 11.4 Å². The van der Waals surface area contributed by atoms with Crippen LogP contribution in [0.25, 0.3) is 0 Å². The summed E-state index contributed by atoms with van der Waals surface area (Å²) in [5, 5.41) is 17.0. The van der Waals surface area contributed by atoms with Gasteiger partial charge >= 0.3 is 0 Å². The van der Waals surface area contributed by atoms with Crippen LogP contribution in [0.2, 0.25) is 0 Å². The molecule has 1 aromatic carbocycles. The Morgan fingerprint density at radius 1 is 1.45 bits per heavy atom. The number of ether oxygens (including phenoxy) is 1. The van der Waals surface area contributed by atoms with E-state index in [-0.39, 0.29) is 11.7 Å². The Balaban J connectivity index is 2.24. The number of aromatic nitrogens is 1. The Kier molecular flexibility index (Phi) is 4.19. The summed E-state index contributed by atoms with van der Waals surface area (Å²) in [6.45, 7) is 3.90. The second-order valence-electron chi connectivity index (χ2n) is 4.37. The van der Waals surface area contributed by atoms with Crippen LogP contribution < -0.4 is 10.1 Å². The van der Waals surface area contributed by atoms with Crippen LogP contribution in [-0.2, 0) is 0 Å². The Labute approximate surface area is 120 Å². The van der Waals surface area contributed by atoms with Gasteiger partial charge in [-0.05, 0) is 13.8 Å². The van der Waals surface area contributed by atoms with E-state index >= 15 is 0 Å². The molecule has 0 bridgehead atoms. The van der Waals surface area contributed by atoms with E-state index in [0.717, 1.165) is 10.7 Å². The highest BCUT2D eigenvalue weighted by atomic mass is 32.1. The zero-order valence-electron chi connectivity index (χ0n) is 11.4. The summed E-state index contributed by atoms with van der Waals surface area (Å²) >= 11 is 1.56. The van der Waals surface area contributed by atoms with E-state index in [9.17, 15) is 10.1 Å². The van der Waals surface area contributed by atoms with Crippen molar-refractivity contribution in [3.8, 4) is 5.75 Å². The largest absolute Gasteiger partial charge is 0.496 e. The molecule has 0 radical (unpaired) electrons. The number of anilines is 1. The monoisotopic (exact) mass is 293 g/mol. The van der Waals surface area contributed by atoms with Gasteiger partial charge in [0.25, 0.3) is 5.69 Å². The number of rotatable bonds is 5. The van der Waals surface area contributed by atoms with Crippen molar-refractivity contribution >= 4 is 22.7 Å². The highest BCUT2D eigenvalue weighted by Crippen LogP contribution is 2.29. The topological polar surface area (TPSA) is 77.3 Å². The van der Waals surface area contributed by atoms with Crippen LogP contribution in [0.4, 0.5) is 11.4 Å². The lowest BCUT2D eigenvalue weighted by atomic mass is 10.2. The summed E-state index contributed by atoms with van der Waals surface area (Å²) in [6.07, 6.45) is 0. The van der Waals surface area contributed by atoms with Crippen LogP contribution in [0, 0.1) is 17.0 Å². The number of nitro groups is 1. The van der Waals surface area contributed by atoms with Gasteiger partial charge in [-0.15, -0.1) is 11.3 Å². The molecule has 7 heteroatoms. The lowest BCUT2D eigenvalue weighted by Gasteiger charge is -2.13. The fraction of sp³-hybridized carbons (Fsp3) is 0.308. The van der Waals surface area contributed by atoms with Gasteiger partial charge in [0.1, 0.15) is 10.8 Å². The molecule has 1 atom stereocenters. The van der Waals surface area contributed by atoms with Crippen LogP contribution in [0.5, 0.6) is 5.75 Å². The molecule has 0 amide bonds. The molecule has 1 N–H and O–H groups in total. The van der Waals surface area contributed by atoms with E-state index in [1.54, 1.807) is 17.4 Å². The van der Waals surface area contributed by atoms with Gasteiger partial charge in [0.15, 0.2) is 0 Å². The maximum atomic E-state index is 10.9. The predicted octanol–water partition coefficient (Wildman–Crippen LogP) is 3.54. The lowest BCUT2D eigenvalue weighted by Crippen LogP contribution is -2.07. The Hall–Kier alpha value is -2.15. The second kappa shape index (κ2) is 5.87. The number of hydrogen-bond donors (Lipinski definition) is 1. The Morgan fingerprint density at radius 2 is 2.20 bits per heavy atom. The molecule has 0 saturated heterocycles. The van der Waals surface area contributed by atoms with Crippen LogP contribution >= 0.6 is 11.3 Å². The number of benzene rings is 1. The van der Waals surface area contributed by atoms with E-state index in [2.05, 4.69) is 10.3 Å². The third kappa shape index (κ3) is 3.24. The van der Waals surface area contributed by atoms with Gasteiger partial charge in [-0.25, -0.2) is 4.98 Å². The maximum absolute atomic E-state index is 10.9. The molecule has 0 saturated carbocycles. The highest BCUT2D eigenvalue weighted by Gasteiger charge is 2.14. The fourth-order valence-electron chi connectivity index (χ4n) is 1.77. The number of nitro benzene ring substituents is 1. The summed E-state index contributed by atoms with van der Waals surface area (Å²) in [4.78, 5) is 14.9. The lowest BCUT2D eigenvalue weighted by molar-refractivity contribution is -0.384. The van der Waals surface area contributed by atoms with Crippen LogP contribution in [0.15, 0.2) is 23.6 Å². The summed E-state index contributed by atoms with van der Waals surface area (Å²) in [5.41, 5.74) is 1.60. The molecular formula is C13H15N3O3S. The van der Waals surface area contributed by atoms with Crippen LogP contribution in [0.3, 0.4) is 0 Å². The van der Waals surface area contributed by atoms with Crippen molar-refractivity contribution in [2.75, 3.05) is 12.4 Å². The SMILES string of the molecule is COc1cc(NC(C)c2nc(C)cs2)cc([N+](=O)[O-])c1. The van der Waals surface area contributed by atoms with E-state index in [4.69, 9.17) is 4.74 Å². The minimum atomic E-state index is -0.439. The zero-order valence-corrected chi connectivity index (χ0v) is 12.2. The summed E-state index contributed by atoms with van der Waals surface area (Å²) in [5.74, 6) is 0.448. The Bertz CT molecular complexity index is 627. The molecule has 1 unspecified atom stereocenters. The third-order valence-corrected chi connectivity index (χ3v) is 3.87. The van der Waals surface area contributed by atoms with Gasteiger partial charge in [-0.3, -0.25) is 10.1 Å². The number of methoxy groups -OCH3 is 1. The highest BCUT2D eigenvalue weighted by molar-refractivity contribution is 7.09. The zero-order chi connectivity index (χ0) is 14.7. The number of aryl methyl sites for hydroxylation is 1. The minimum Gasteiger partial charge on any atom is -0.496 e. The molecule has 1 aromatic heterocycles. The van der Waals surface area contributed by atoms with Gasteiger partial charge in [-0.2, -0.15) is 0 Å². The molecule has 0 spiro atoms.